The van der Waals surface area contributed by atoms with Crippen LogP contribution in [-0.4, -0.2) is 33.2 Å². The minimum Gasteiger partial charge on any atom is -0.394 e. The summed E-state index contributed by atoms with van der Waals surface area (Å²) in [6.07, 6.45) is 2.63. The number of imidazole rings is 1. The van der Waals surface area contributed by atoms with Gasteiger partial charge in [-0.15, -0.1) is 0 Å². The Kier molecular flexibility index (Phi) is 5.26. The van der Waals surface area contributed by atoms with E-state index in [9.17, 15) is 9.90 Å². The first-order valence-electron chi connectivity index (χ1n) is 7.87. The first kappa shape index (κ1) is 17.3. The van der Waals surface area contributed by atoms with Crippen LogP contribution >= 0.6 is 0 Å². The summed E-state index contributed by atoms with van der Waals surface area (Å²) in [5.41, 5.74) is 2.80. The number of urea groups is 1. The third kappa shape index (κ3) is 4.96. The van der Waals surface area contributed by atoms with Crippen molar-refractivity contribution >= 4 is 11.7 Å². The highest BCUT2D eigenvalue weighted by atomic mass is 16.3. The van der Waals surface area contributed by atoms with Crippen LogP contribution in [0.2, 0.25) is 0 Å². The number of aromatic nitrogens is 2. The fraction of sp³-hybridized carbons (Fsp3) is 0.529. The number of hydrogen-bond donors (Lipinski definition) is 3. The zero-order valence-electron chi connectivity index (χ0n) is 14.3. The van der Waals surface area contributed by atoms with Crippen LogP contribution in [0, 0.1) is 12.3 Å². The molecule has 2 heterocycles. The van der Waals surface area contributed by atoms with Gasteiger partial charge in [0.2, 0.25) is 0 Å². The monoisotopic (exact) mass is 318 g/mol. The number of carbonyl (C=O) groups excluding carboxylic acids is 1. The number of aryl methyl sites for hydroxylation is 1. The Hall–Kier alpha value is -2.08. The largest absolute Gasteiger partial charge is 0.394 e. The number of amides is 2. The topological polar surface area (TPSA) is 78.7 Å². The van der Waals surface area contributed by atoms with Crippen molar-refractivity contribution in [2.75, 3.05) is 6.61 Å². The molecule has 2 rings (SSSR count). The molecule has 3 N–H and O–H groups in total. The summed E-state index contributed by atoms with van der Waals surface area (Å²) in [6.45, 7) is 8.52. The Labute approximate surface area is 136 Å². The fourth-order valence-corrected chi connectivity index (χ4v) is 2.59. The van der Waals surface area contributed by atoms with Crippen LogP contribution in [0.4, 0.5) is 4.79 Å². The van der Waals surface area contributed by atoms with Crippen LogP contribution in [0.3, 0.4) is 0 Å². The Balaban J connectivity index is 1.91. The van der Waals surface area contributed by atoms with Crippen molar-refractivity contribution in [2.45, 2.75) is 46.7 Å². The third-order valence-electron chi connectivity index (χ3n) is 3.59. The Morgan fingerprint density at radius 3 is 2.74 bits per heavy atom. The molecule has 0 aromatic carbocycles. The van der Waals surface area contributed by atoms with E-state index in [-0.39, 0.29) is 24.1 Å². The van der Waals surface area contributed by atoms with Gasteiger partial charge in [0, 0.05) is 11.9 Å². The number of nitrogens with one attached hydrogen (secondary N) is 2. The molecule has 0 radical (unpaired) electrons. The highest BCUT2D eigenvalue weighted by Gasteiger charge is 2.19. The number of fused-ring (bicyclic) bond motifs is 1. The molecule has 2 aromatic heterocycles. The van der Waals surface area contributed by atoms with Crippen LogP contribution in [0.1, 0.15) is 38.6 Å². The maximum Gasteiger partial charge on any atom is 0.315 e. The van der Waals surface area contributed by atoms with Gasteiger partial charge in [0.1, 0.15) is 5.65 Å². The zero-order chi connectivity index (χ0) is 17.0. The molecular formula is C17H26N4O2. The summed E-state index contributed by atoms with van der Waals surface area (Å²) in [5.74, 6) is 0. The number of rotatable bonds is 5. The predicted octanol–water partition coefficient (Wildman–Crippen LogP) is 2.24. The molecule has 0 aliphatic carbocycles. The Bertz CT molecular complexity index is 673. The first-order chi connectivity index (χ1) is 10.8. The van der Waals surface area contributed by atoms with Crippen LogP contribution in [0.15, 0.2) is 24.4 Å². The van der Waals surface area contributed by atoms with Crippen molar-refractivity contribution in [2.24, 2.45) is 5.41 Å². The van der Waals surface area contributed by atoms with Gasteiger partial charge < -0.3 is 20.1 Å². The van der Waals surface area contributed by atoms with Crippen LogP contribution < -0.4 is 10.6 Å². The molecule has 6 heteroatoms. The van der Waals surface area contributed by atoms with Crippen molar-refractivity contribution in [3.63, 3.8) is 0 Å². The number of pyridine rings is 1. The second-order valence-corrected chi connectivity index (χ2v) is 7.10. The van der Waals surface area contributed by atoms with Crippen LogP contribution in [0.25, 0.3) is 5.65 Å². The lowest BCUT2D eigenvalue weighted by Crippen LogP contribution is -2.45. The number of nitrogens with zero attached hydrogens (tertiary/aromatic N) is 2. The molecule has 0 saturated carbocycles. The smallest absolute Gasteiger partial charge is 0.315 e. The lowest BCUT2D eigenvalue weighted by Gasteiger charge is -2.25. The predicted molar refractivity (Wildman–Crippen MR) is 90.2 cm³/mol. The molecule has 126 valence electrons. The van der Waals surface area contributed by atoms with E-state index >= 15 is 0 Å². The third-order valence-corrected chi connectivity index (χ3v) is 3.59. The normalized spacial score (nSPS) is 13.1. The van der Waals surface area contributed by atoms with Gasteiger partial charge in [-0.3, -0.25) is 0 Å². The molecule has 2 amide bonds. The highest BCUT2D eigenvalue weighted by Crippen LogP contribution is 2.20. The van der Waals surface area contributed by atoms with E-state index in [1.165, 1.54) is 0 Å². The maximum atomic E-state index is 12.0. The van der Waals surface area contributed by atoms with E-state index in [0.29, 0.717) is 13.0 Å². The highest BCUT2D eigenvalue weighted by molar-refractivity contribution is 5.74. The minimum absolute atomic E-state index is 0.0415. The van der Waals surface area contributed by atoms with Crippen molar-refractivity contribution in [3.8, 4) is 0 Å². The summed E-state index contributed by atoms with van der Waals surface area (Å²) in [7, 11) is 0. The summed E-state index contributed by atoms with van der Waals surface area (Å²) in [5, 5.41) is 15.0. The minimum atomic E-state index is -0.290. The van der Waals surface area contributed by atoms with Crippen LogP contribution in [0.5, 0.6) is 0 Å². The first-order valence-corrected chi connectivity index (χ1v) is 7.87. The van der Waals surface area contributed by atoms with Gasteiger partial charge >= 0.3 is 6.03 Å². The lowest BCUT2D eigenvalue weighted by molar-refractivity contribution is 0.190. The molecule has 0 fully saturated rings. The van der Waals surface area contributed by atoms with E-state index in [0.717, 1.165) is 17.0 Å². The summed E-state index contributed by atoms with van der Waals surface area (Å²) in [4.78, 5) is 16.5. The molecule has 2 aromatic rings. The van der Waals surface area contributed by atoms with Gasteiger partial charge in [-0.2, -0.15) is 0 Å². The van der Waals surface area contributed by atoms with Crippen molar-refractivity contribution < 1.29 is 9.90 Å². The van der Waals surface area contributed by atoms with Gasteiger partial charge in [0.05, 0.1) is 24.9 Å². The van der Waals surface area contributed by atoms with E-state index in [2.05, 4.69) is 36.4 Å². The number of hydrogen-bond acceptors (Lipinski definition) is 3. The van der Waals surface area contributed by atoms with Gasteiger partial charge in [-0.25, -0.2) is 9.78 Å². The second kappa shape index (κ2) is 7.00. The summed E-state index contributed by atoms with van der Waals surface area (Å²) >= 11 is 0. The van der Waals surface area contributed by atoms with Crippen molar-refractivity contribution in [1.29, 1.82) is 0 Å². The molecule has 1 atom stereocenters. The zero-order valence-corrected chi connectivity index (χ0v) is 14.3. The quantitative estimate of drug-likeness (QED) is 0.791. The summed E-state index contributed by atoms with van der Waals surface area (Å²) < 4.78 is 1.99. The van der Waals surface area contributed by atoms with Gasteiger partial charge in [-0.1, -0.05) is 26.8 Å². The molecule has 0 aliphatic rings. The molecule has 0 bridgehead atoms. The fourth-order valence-electron chi connectivity index (χ4n) is 2.59. The van der Waals surface area contributed by atoms with Gasteiger partial charge in [0.15, 0.2) is 0 Å². The average molecular weight is 318 g/mol. The molecule has 0 saturated heterocycles. The number of carbonyl (C=O) groups is 1. The second-order valence-electron chi connectivity index (χ2n) is 7.10. The van der Waals surface area contributed by atoms with Crippen LogP contribution in [-0.2, 0) is 6.54 Å². The molecule has 1 unspecified atom stereocenters. The Morgan fingerprint density at radius 2 is 2.13 bits per heavy atom. The van der Waals surface area contributed by atoms with E-state index in [1.807, 2.05) is 35.7 Å². The van der Waals surface area contributed by atoms with E-state index < -0.39 is 0 Å². The maximum absolute atomic E-state index is 12.0. The molecule has 0 aliphatic heterocycles. The summed E-state index contributed by atoms with van der Waals surface area (Å²) in [6, 6.07) is 5.36. The molecule has 23 heavy (non-hydrogen) atoms. The van der Waals surface area contributed by atoms with Gasteiger partial charge in [0.25, 0.3) is 0 Å². The lowest BCUT2D eigenvalue weighted by atomic mass is 9.88. The SMILES string of the molecule is Cc1cccc2nc(CNC(=O)NC(CO)CC(C)(C)C)cn12. The standard InChI is InChI=1S/C17H26N4O2/c1-12-6-5-7-15-19-14(10-21(12)15)9-18-16(23)20-13(11-22)8-17(2,3)4/h5-7,10,13,22H,8-9,11H2,1-4H3,(H2,18,20,23). The molecule has 0 spiro atoms. The van der Waals surface area contributed by atoms with E-state index in [1.54, 1.807) is 0 Å². The molecule has 6 nitrogen and oxygen atoms in total. The number of aliphatic hydroxyl groups is 1. The van der Waals surface area contributed by atoms with Crippen molar-refractivity contribution in [1.82, 2.24) is 20.0 Å². The Morgan fingerprint density at radius 1 is 1.39 bits per heavy atom. The molecular weight excluding hydrogens is 292 g/mol. The number of aliphatic hydroxyl groups excluding tert-OH is 1. The van der Waals surface area contributed by atoms with E-state index in [4.69, 9.17) is 0 Å². The van der Waals surface area contributed by atoms with Gasteiger partial charge in [-0.05, 0) is 30.9 Å². The van der Waals surface area contributed by atoms with Crippen molar-refractivity contribution in [3.05, 3.63) is 35.8 Å². The average Bonchev–Trinajstić information content (AvgIpc) is 2.87.